The maximum absolute atomic E-state index is 13.5. The summed E-state index contributed by atoms with van der Waals surface area (Å²) < 4.78 is 14.1. The highest BCUT2D eigenvalue weighted by molar-refractivity contribution is 7.19. The zero-order valence-electron chi connectivity index (χ0n) is 11.4. The van der Waals surface area contributed by atoms with Gasteiger partial charge in [-0.1, -0.05) is 18.5 Å². The molecule has 0 fully saturated rings. The van der Waals surface area contributed by atoms with Crippen molar-refractivity contribution in [2.45, 2.75) is 13.3 Å². The van der Waals surface area contributed by atoms with E-state index in [0.29, 0.717) is 15.7 Å². The summed E-state index contributed by atoms with van der Waals surface area (Å²) in [4.78, 5) is 9.87. The van der Waals surface area contributed by atoms with Gasteiger partial charge in [0, 0.05) is 18.0 Å². The summed E-state index contributed by atoms with van der Waals surface area (Å²) >= 11 is 7.37. The van der Waals surface area contributed by atoms with E-state index in [4.69, 9.17) is 11.6 Å². The Kier molecular flexibility index (Phi) is 4.03. The molecule has 0 atom stereocenters. The van der Waals surface area contributed by atoms with Crippen LogP contribution in [0.3, 0.4) is 0 Å². The number of nitrogens with zero attached hydrogens (tertiary/aromatic N) is 2. The molecule has 6 heteroatoms. The number of halogens is 2. The minimum Gasteiger partial charge on any atom is -0.369 e. The lowest BCUT2D eigenvalue weighted by Crippen LogP contribution is -2.04. The van der Waals surface area contributed by atoms with Crippen molar-refractivity contribution < 1.29 is 4.39 Å². The van der Waals surface area contributed by atoms with Crippen molar-refractivity contribution in [2.75, 3.05) is 11.9 Å². The van der Waals surface area contributed by atoms with Crippen LogP contribution in [0.4, 0.5) is 10.2 Å². The lowest BCUT2D eigenvalue weighted by molar-refractivity contribution is 0.629. The van der Waals surface area contributed by atoms with Crippen molar-refractivity contribution in [3.05, 3.63) is 40.5 Å². The number of hydrogen-bond donors (Lipinski definition) is 1. The third-order valence-corrected chi connectivity index (χ3v) is 4.22. The number of anilines is 1. The summed E-state index contributed by atoms with van der Waals surface area (Å²) in [5.41, 5.74) is 0.586. The first-order valence-corrected chi connectivity index (χ1v) is 7.83. The van der Waals surface area contributed by atoms with Gasteiger partial charge in [-0.15, -0.1) is 11.3 Å². The van der Waals surface area contributed by atoms with Crippen molar-refractivity contribution in [1.29, 1.82) is 0 Å². The molecule has 2 aromatic heterocycles. The van der Waals surface area contributed by atoms with Gasteiger partial charge in [0.25, 0.3) is 0 Å². The molecule has 0 saturated carbocycles. The van der Waals surface area contributed by atoms with Crippen LogP contribution >= 0.6 is 22.9 Å². The van der Waals surface area contributed by atoms with Gasteiger partial charge in [-0.25, -0.2) is 14.4 Å². The molecule has 0 spiro atoms. The molecule has 1 N–H and O–H groups in total. The van der Waals surface area contributed by atoms with Gasteiger partial charge in [0.05, 0.1) is 14.7 Å². The van der Waals surface area contributed by atoms with Crippen LogP contribution in [0, 0.1) is 5.82 Å². The van der Waals surface area contributed by atoms with Crippen molar-refractivity contribution in [2.24, 2.45) is 0 Å². The van der Waals surface area contributed by atoms with Gasteiger partial charge in [-0.3, -0.25) is 0 Å². The molecular weight excluding hydrogens is 309 g/mol. The first-order valence-electron chi connectivity index (χ1n) is 6.64. The number of rotatable bonds is 4. The molecule has 0 radical (unpaired) electrons. The van der Waals surface area contributed by atoms with Crippen LogP contribution in [0.5, 0.6) is 0 Å². The molecule has 0 aliphatic carbocycles. The molecule has 0 bridgehead atoms. The van der Waals surface area contributed by atoms with Gasteiger partial charge in [0.2, 0.25) is 0 Å². The minimum atomic E-state index is -0.308. The van der Waals surface area contributed by atoms with Crippen LogP contribution in [0.15, 0.2) is 30.3 Å². The average Bonchev–Trinajstić information content (AvgIpc) is 2.90. The van der Waals surface area contributed by atoms with E-state index in [0.717, 1.165) is 29.0 Å². The highest BCUT2D eigenvalue weighted by atomic mass is 35.5. The Balaban J connectivity index is 2.17. The number of benzene rings is 1. The van der Waals surface area contributed by atoms with Crippen LogP contribution in [-0.4, -0.2) is 16.5 Å². The van der Waals surface area contributed by atoms with E-state index in [9.17, 15) is 4.39 Å². The Morgan fingerprint density at radius 2 is 2.10 bits per heavy atom. The Labute approximate surface area is 130 Å². The van der Waals surface area contributed by atoms with Crippen LogP contribution in [0.1, 0.15) is 13.3 Å². The van der Waals surface area contributed by atoms with Gasteiger partial charge in [-0.2, -0.15) is 0 Å². The van der Waals surface area contributed by atoms with E-state index < -0.39 is 0 Å². The zero-order chi connectivity index (χ0) is 14.8. The van der Waals surface area contributed by atoms with Crippen LogP contribution < -0.4 is 5.32 Å². The van der Waals surface area contributed by atoms with E-state index in [1.807, 2.05) is 6.07 Å². The molecule has 21 heavy (non-hydrogen) atoms. The lowest BCUT2D eigenvalue weighted by atomic mass is 10.2. The molecule has 3 rings (SSSR count). The van der Waals surface area contributed by atoms with E-state index in [1.54, 1.807) is 12.1 Å². The molecule has 3 aromatic rings. The second-order valence-electron chi connectivity index (χ2n) is 4.59. The minimum absolute atomic E-state index is 0.308. The lowest BCUT2D eigenvalue weighted by Gasteiger charge is -2.09. The highest BCUT2D eigenvalue weighted by Gasteiger charge is 2.11. The average molecular weight is 322 g/mol. The molecule has 0 amide bonds. The van der Waals surface area contributed by atoms with E-state index >= 15 is 0 Å². The molecular formula is C15H13ClFN3S. The standard InChI is InChI=1S/C15H13ClFN3S/c1-2-7-18-14-10-4-3-9(17)8-11(10)19-15(20-14)12-5-6-13(16)21-12/h3-6,8H,2,7H2,1H3,(H,18,19,20). The maximum Gasteiger partial charge on any atom is 0.172 e. The van der Waals surface area contributed by atoms with Crippen molar-refractivity contribution in [1.82, 2.24) is 9.97 Å². The second kappa shape index (κ2) is 5.95. The number of nitrogens with one attached hydrogen (secondary N) is 1. The largest absolute Gasteiger partial charge is 0.369 e. The summed E-state index contributed by atoms with van der Waals surface area (Å²) in [6, 6.07) is 8.22. The summed E-state index contributed by atoms with van der Waals surface area (Å²) in [5.74, 6) is 0.975. The van der Waals surface area contributed by atoms with Gasteiger partial charge in [0.15, 0.2) is 5.82 Å². The van der Waals surface area contributed by atoms with E-state index in [-0.39, 0.29) is 5.82 Å². The van der Waals surface area contributed by atoms with Gasteiger partial charge in [0.1, 0.15) is 11.6 Å². The monoisotopic (exact) mass is 321 g/mol. The number of hydrogen-bond acceptors (Lipinski definition) is 4. The Hall–Kier alpha value is -1.72. The molecule has 1 aromatic carbocycles. The summed E-state index contributed by atoms with van der Waals surface area (Å²) in [7, 11) is 0. The number of aromatic nitrogens is 2. The van der Waals surface area contributed by atoms with E-state index in [1.165, 1.54) is 23.5 Å². The normalized spacial score (nSPS) is 11.0. The summed E-state index contributed by atoms with van der Waals surface area (Å²) in [6.45, 7) is 2.88. The highest BCUT2D eigenvalue weighted by Crippen LogP contribution is 2.31. The van der Waals surface area contributed by atoms with Gasteiger partial charge in [-0.05, 0) is 30.7 Å². The fourth-order valence-electron chi connectivity index (χ4n) is 2.03. The van der Waals surface area contributed by atoms with E-state index in [2.05, 4.69) is 22.2 Å². The molecule has 3 nitrogen and oxygen atoms in total. The molecule has 2 heterocycles. The number of fused-ring (bicyclic) bond motifs is 1. The molecule has 0 aliphatic heterocycles. The van der Waals surface area contributed by atoms with Crippen molar-refractivity contribution in [3.63, 3.8) is 0 Å². The fourth-order valence-corrected chi connectivity index (χ4v) is 3.00. The smallest absolute Gasteiger partial charge is 0.172 e. The molecule has 108 valence electrons. The van der Waals surface area contributed by atoms with Crippen LogP contribution in [0.25, 0.3) is 21.6 Å². The first kappa shape index (κ1) is 14.2. The third-order valence-electron chi connectivity index (χ3n) is 2.99. The Morgan fingerprint density at radius 1 is 1.24 bits per heavy atom. The Bertz CT molecular complexity index is 788. The summed E-state index contributed by atoms with van der Waals surface area (Å²) in [6.07, 6.45) is 0.979. The van der Waals surface area contributed by atoms with Crippen molar-refractivity contribution in [3.8, 4) is 10.7 Å². The number of thiophene rings is 1. The maximum atomic E-state index is 13.5. The molecule has 0 saturated heterocycles. The van der Waals surface area contributed by atoms with Crippen LogP contribution in [-0.2, 0) is 0 Å². The Morgan fingerprint density at radius 3 is 2.81 bits per heavy atom. The topological polar surface area (TPSA) is 37.8 Å². The SMILES string of the molecule is CCCNc1nc(-c2ccc(Cl)s2)nc2cc(F)ccc12. The molecule has 0 aliphatic rings. The zero-order valence-corrected chi connectivity index (χ0v) is 12.9. The molecule has 0 unspecified atom stereocenters. The predicted octanol–water partition coefficient (Wildman–Crippen LogP) is 4.97. The van der Waals surface area contributed by atoms with Crippen LogP contribution in [0.2, 0.25) is 4.34 Å². The van der Waals surface area contributed by atoms with Gasteiger partial charge < -0.3 is 5.32 Å². The fraction of sp³-hybridized carbons (Fsp3) is 0.200. The summed E-state index contributed by atoms with van der Waals surface area (Å²) in [5, 5.41) is 4.09. The van der Waals surface area contributed by atoms with Gasteiger partial charge >= 0.3 is 0 Å². The third kappa shape index (κ3) is 2.99. The first-order chi connectivity index (χ1) is 10.2. The quantitative estimate of drug-likeness (QED) is 0.737. The van der Waals surface area contributed by atoms with Crippen molar-refractivity contribution >= 4 is 39.7 Å². The predicted molar refractivity (Wildman–Crippen MR) is 86.6 cm³/mol. The second-order valence-corrected chi connectivity index (χ2v) is 6.30.